The lowest BCUT2D eigenvalue weighted by molar-refractivity contribution is 0.669. The van der Waals surface area contributed by atoms with Gasteiger partial charge < -0.3 is 8.83 Å². The summed E-state index contributed by atoms with van der Waals surface area (Å²) in [5.41, 5.74) is 13.9. The molecule has 0 saturated heterocycles. The van der Waals surface area contributed by atoms with E-state index in [0.717, 1.165) is 60.9 Å². The number of para-hydroxylation sites is 3. The Hall–Kier alpha value is -4.73. The Morgan fingerprint density at radius 3 is 1.80 bits per heavy atom. The first-order chi connectivity index (χ1) is 20.3. The van der Waals surface area contributed by atoms with Crippen LogP contribution in [0.4, 0.5) is 0 Å². The summed E-state index contributed by atoms with van der Waals surface area (Å²) in [5, 5.41) is 4.64. The molecular weight excluding hydrogens is 520 g/mol. The normalized spacial score (nSPS) is 13.1. The van der Waals surface area contributed by atoms with Gasteiger partial charge in [-0.3, -0.25) is 0 Å². The van der Waals surface area contributed by atoms with Gasteiger partial charge in [0.1, 0.15) is 22.3 Å². The first-order valence-electron chi connectivity index (χ1n) is 14.0. The molecular formula is C38H24O2S. The van der Waals surface area contributed by atoms with Gasteiger partial charge in [-0.05, 0) is 75.3 Å². The highest BCUT2D eigenvalue weighted by Gasteiger charge is 2.19. The van der Waals surface area contributed by atoms with Crippen LogP contribution in [0.3, 0.4) is 0 Å². The van der Waals surface area contributed by atoms with Gasteiger partial charge >= 0.3 is 0 Å². The number of benzene rings is 6. The van der Waals surface area contributed by atoms with E-state index in [1.165, 1.54) is 38.9 Å². The lowest BCUT2D eigenvalue weighted by Gasteiger charge is -2.14. The average molecular weight is 545 g/mol. The molecule has 1 aliphatic heterocycles. The van der Waals surface area contributed by atoms with E-state index in [4.69, 9.17) is 8.83 Å². The van der Waals surface area contributed by atoms with Crippen LogP contribution in [0.5, 0.6) is 0 Å². The SMILES string of the molecule is c1ccc2c(c1)oc1ccc(-c3ccc4c(c3)-c3cc(-c5cccc6c5oc5ccccc56)ccc3CSC4)cc12. The second kappa shape index (κ2) is 8.89. The van der Waals surface area contributed by atoms with Crippen LogP contribution in [0.1, 0.15) is 11.1 Å². The van der Waals surface area contributed by atoms with E-state index in [1.807, 2.05) is 30.0 Å². The molecule has 0 aliphatic carbocycles. The van der Waals surface area contributed by atoms with Crippen LogP contribution in [0.2, 0.25) is 0 Å². The molecule has 2 aromatic heterocycles. The Balaban J connectivity index is 1.21. The fourth-order valence-corrected chi connectivity index (χ4v) is 7.45. The molecule has 6 aromatic carbocycles. The highest BCUT2D eigenvalue weighted by molar-refractivity contribution is 7.97. The van der Waals surface area contributed by atoms with Gasteiger partial charge in [-0.15, -0.1) is 0 Å². The number of thioether (sulfide) groups is 1. The summed E-state index contributed by atoms with van der Waals surface area (Å²) < 4.78 is 12.5. The molecule has 8 aromatic rings. The number of rotatable bonds is 2. The summed E-state index contributed by atoms with van der Waals surface area (Å²) in [6.45, 7) is 0. The van der Waals surface area contributed by atoms with Crippen molar-refractivity contribution in [3.05, 3.63) is 132 Å². The van der Waals surface area contributed by atoms with Crippen molar-refractivity contribution in [2.45, 2.75) is 11.5 Å². The Morgan fingerprint density at radius 1 is 0.415 bits per heavy atom. The van der Waals surface area contributed by atoms with Gasteiger partial charge in [0.05, 0.1) is 0 Å². The molecule has 3 heteroatoms. The topological polar surface area (TPSA) is 26.3 Å². The molecule has 194 valence electrons. The smallest absolute Gasteiger partial charge is 0.143 e. The van der Waals surface area contributed by atoms with Crippen LogP contribution >= 0.6 is 11.8 Å². The van der Waals surface area contributed by atoms with Crippen molar-refractivity contribution in [3.63, 3.8) is 0 Å². The van der Waals surface area contributed by atoms with Gasteiger partial charge in [0.15, 0.2) is 0 Å². The summed E-state index contributed by atoms with van der Waals surface area (Å²) >= 11 is 1.98. The highest BCUT2D eigenvalue weighted by atomic mass is 32.2. The number of hydrogen-bond donors (Lipinski definition) is 0. The maximum Gasteiger partial charge on any atom is 0.143 e. The molecule has 0 atom stereocenters. The van der Waals surface area contributed by atoms with E-state index in [1.54, 1.807) is 0 Å². The Kier molecular flexibility index (Phi) is 4.99. The third kappa shape index (κ3) is 3.59. The Bertz CT molecular complexity index is 2300. The molecule has 0 bridgehead atoms. The molecule has 0 radical (unpaired) electrons. The van der Waals surface area contributed by atoms with Gasteiger partial charge in [0, 0.05) is 38.6 Å². The van der Waals surface area contributed by atoms with E-state index >= 15 is 0 Å². The molecule has 9 rings (SSSR count). The Labute approximate surface area is 241 Å². The summed E-state index contributed by atoms with van der Waals surface area (Å²) in [6, 6.07) is 43.5. The van der Waals surface area contributed by atoms with Gasteiger partial charge in [-0.2, -0.15) is 11.8 Å². The van der Waals surface area contributed by atoms with Crippen LogP contribution in [-0.2, 0) is 11.5 Å². The molecule has 0 N–H and O–H groups in total. The van der Waals surface area contributed by atoms with Crippen molar-refractivity contribution in [1.29, 1.82) is 0 Å². The van der Waals surface area contributed by atoms with Crippen LogP contribution in [0, 0.1) is 0 Å². The van der Waals surface area contributed by atoms with Gasteiger partial charge in [-0.1, -0.05) is 84.9 Å². The van der Waals surface area contributed by atoms with Gasteiger partial charge in [0.25, 0.3) is 0 Å². The Morgan fingerprint density at radius 2 is 1.00 bits per heavy atom. The summed E-state index contributed by atoms with van der Waals surface area (Å²) in [7, 11) is 0. The maximum atomic E-state index is 6.40. The van der Waals surface area contributed by atoms with Crippen molar-refractivity contribution in [2.75, 3.05) is 0 Å². The predicted molar refractivity (Wildman–Crippen MR) is 172 cm³/mol. The second-order valence-electron chi connectivity index (χ2n) is 10.8. The first-order valence-corrected chi connectivity index (χ1v) is 15.1. The zero-order chi connectivity index (χ0) is 26.9. The molecule has 0 amide bonds. The predicted octanol–water partition coefficient (Wildman–Crippen LogP) is 11.2. The first kappa shape index (κ1) is 23.0. The molecule has 0 fully saturated rings. The molecule has 1 aliphatic rings. The minimum Gasteiger partial charge on any atom is -0.456 e. The van der Waals surface area contributed by atoms with Crippen LogP contribution < -0.4 is 0 Å². The standard InChI is InChI=1S/C38H24O2S/c1-4-11-36-29(6-1)31-9-5-8-28(38(31)40-36)25-13-15-27-22-41-21-26-14-12-23(18-32(26)33(27)20-25)24-16-17-37-34(19-24)30-7-2-3-10-35(30)39-37/h1-20H,21-22H2. The zero-order valence-electron chi connectivity index (χ0n) is 22.2. The largest absolute Gasteiger partial charge is 0.456 e. The lowest BCUT2D eigenvalue weighted by atomic mass is 9.90. The number of hydrogen-bond acceptors (Lipinski definition) is 3. The van der Waals surface area contributed by atoms with Crippen molar-refractivity contribution in [3.8, 4) is 33.4 Å². The van der Waals surface area contributed by atoms with Gasteiger partial charge in [-0.25, -0.2) is 0 Å². The zero-order valence-corrected chi connectivity index (χ0v) is 23.0. The van der Waals surface area contributed by atoms with Crippen LogP contribution in [0.15, 0.2) is 130 Å². The second-order valence-corrected chi connectivity index (χ2v) is 11.8. The maximum absolute atomic E-state index is 6.40. The molecule has 41 heavy (non-hydrogen) atoms. The molecule has 0 unspecified atom stereocenters. The lowest BCUT2D eigenvalue weighted by Crippen LogP contribution is -1.91. The molecule has 3 heterocycles. The third-order valence-electron chi connectivity index (χ3n) is 8.45. The minimum atomic E-state index is 0.927. The van der Waals surface area contributed by atoms with Crippen molar-refractivity contribution < 1.29 is 8.83 Å². The van der Waals surface area contributed by atoms with Crippen molar-refractivity contribution in [1.82, 2.24) is 0 Å². The number of furan rings is 2. The van der Waals surface area contributed by atoms with Crippen LogP contribution in [-0.4, -0.2) is 0 Å². The van der Waals surface area contributed by atoms with Crippen molar-refractivity contribution in [2.24, 2.45) is 0 Å². The summed E-state index contributed by atoms with van der Waals surface area (Å²) in [5.74, 6) is 2.01. The quantitative estimate of drug-likeness (QED) is 0.216. The highest BCUT2D eigenvalue weighted by Crippen LogP contribution is 2.43. The summed E-state index contributed by atoms with van der Waals surface area (Å²) in [6.07, 6.45) is 0. The third-order valence-corrected chi connectivity index (χ3v) is 9.48. The summed E-state index contributed by atoms with van der Waals surface area (Å²) in [4.78, 5) is 0. The molecule has 2 nitrogen and oxygen atoms in total. The monoisotopic (exact) mass is 544 g/mol. The van der Waals surface area contributed by atoms with E-state index in [2.05, 4.69) is 103 Å². The minimum absolute atomic E-state index is 0.927. The number of fused-ring (bicyclic) bond motifs is 9. The molecule has 0 saturated carbocycles. The van der Waals surface area contributed by atoms with Gasteiger partial charge in [0.2, 0.25) is 0 Å². The van der Waals surface area contributed by atoms with E-state index in [0.29, 0.717) is 0 Å². The van der Waals surface area contributed by atoms with E-state index < -0.39 is 0 Å². The molecule has 0 spiro atoms. The average Bonchev–Trinajstić information content (AvgIpc) is 3.53. The fourth-order valence-electron chi connectivity index (χ4n) is 6.40. The van der Waals surface area contributed by atoms with E-state index in [-0.39, 0.29) is 0 Å². The van der Waals surface area contributed by atoms with Crippen LogP contribution in [0.25, 0.3) is 77.3 Å². The van der Waals surface area contributed by atoms with E-state index in [9.17, 15) is 0 Å². The fraction of sp³-hybridized carbons (Fsp3) is 0.0526. The van der Waals surface area contributed by atoms with Crippen molar-refractivity contribution >= 4 is 55.6 Å².